The van der Waals surface area contributed by atoms with Crippen LogP contribution in [0.25, 0.3) is 0 Å². The van der Waals surface area contributed by atoms with Gasteiger partial charge in [-0.2, -0.15) is 0 Å². The molecular weight excluding hydrogens is 287 g/mol. The highest BCUT2D eigenvalue weighted by Crippen LogP contribution is 2.35. The van der Waals surface area contributed by atoms with Gasteiger partial charge in [-0.05, 0) is 20.2 Å². The van der Waals surface area contributed by atoms with E-state index in [2.05, 4.69) is 11.9 Å². The van der Waals surface area contributed by atoms with Crippen molar-refractivity contribution in [2.45, 2.75) is 0 Å². The summed E-state index contributed by atoms with van der Waals surface area (Å²) >= 11 is 0. The van der Waals surface area contributed by atoms with Crippen LogP contribution in [0, 0.1) is 0 Å². The van der Waals surface area contributed by atoms with Gasteiger partial charge in [-0.15, -0.1) is 0 Å². The van der Waals surface area contributed by atoms with Crippen molar-refractivity contribution >= 4 is 23.0 Å². The van der Waals surface area contributed by atoms with E-state index in [1.54, 1.807) is 12.1 Å². The van der Waals surface area contributed by atoms with Crippen molar-refractivity contribution < 1.29 is 13.9 Å². The smallest absolute Gasteiger partial charge is 0.283 e. The SMILES string of the molecule is C=C(F)C(=O)Nc1cc(N)c(OC)cc1N(C)CCN(C)C. The van der Waals surface area contributed by atoms with Gasteiger partial charge in [-0.3, -0.25) is 4.79 Å². The second kappa shape index (κ2) is 7.65. The Morgan fingerprint density at radius 1 is 1.36 bits per heavy atom. The number of nitrogens with zero attached hydrogens (tertiary/aromatic N) is 2. The molecule has 0 aliphatic rings. The highest BCUT2D eigenvalue weighted by atomic mass is 19.1. The monoisotopic (exact) mass is 310 g/mol. The molecule has 7 heteroatoms. The van der Waals surface area contributed by atoms with Crippen LogP contribution in [0.3, 0.4) is 0 Å². The summed E-state index contributed by atoms with van der Waals surface area (Å²) in [5, 5.41) is 2.47. The quantitative estimate of drug-likeness (QED) is 0.592. The fourth-order valence-electron chi connectivity index (χ4n) is 1.84. The number of hydrogen-bond donors (Lipinski definition) is 2. The summed E-state index contributed by atoms with van der Waals surface area (Å²) in [6.07, 6.45) is 0. The number of carbonyl (C=O) groups excluding carboxylic acids is 1. The molecule has 0 fully saturated rings. The Morgan fingerprint density at radius 3 is 2.50 bits per heavy atom. The minimum absolute atomic E-state index is 0.354. The molecule has 6 nitrogen and oxygen atoms in total. The molecule has 3 N–H and O–H groups in total. The van der Waals surface area contributed by atoms with Gasteiger partial charge < -0.3 is 25.6 Å². The number of ether oxygens (including phenoxy) is 1. The summed E-state index contributed by atoms with van der Waals surface area (Å²) in [7, 11) is 7.31. The van der Waals surface area contributed by atoms with E-state index in [0.29, 0.717) is 29.4 Å². The van der Waals surface area contributed by atoms with Crippen LogP contribution in [-0.4, -0.2) is 52.1 Å². The number of rotatable bonds is 7. The Bertz CT molecular complexity index is 561. The molecular formula is C15H23FN4O2. The van der Waals surface area contributed by atoms with E-state index in [9.17, 15) is 9.18 Å². The minimum Gasteiger partial charge on any atom is -0.495 e. The van der Waals surface area contributed by atoms with Crippen LogP contribution in [0.15, 0.2) is 24.5 Å². The number of anilines is 3. The number of likely N-dealkylation sites (N-methyl/N-ethyl adjacent to an activating group) is 2. The molecule has 0 unspecified atom stereocenters. The Balaban J connectivity index is 3.14. The maximum Gasteiger partial charge on any atom is 0.283 e. The Hall–Kier alpha value is -2.28. The van der Waals surface area contributed by atoms with Crippen LogP contribution < -0.4 is 20.7 Å². The summed E-state index contributed by atoms with van der Waals surface area (Å²) in [5.74, 6) is -1.47. The first-order chi connectivity index (χ1) is 10.3. The van der Waals surface area contributed by atoms with E-state index >= 15 is 0 Å². The standard InChI is InChI=1S/C15H23FN4O2/c1-10(16)15(21)18-12-8-11(17)14(22-5)9-13(12)20(4)7-6-19(2)3/h8-9H,1,6-7,17H2,2-5H3,(H,18,21). The van der Waals surface area contributed by atoms with Crippen molar-refractivity contribution in [3.8, 4) is 5.75 Å². The first kappa shape index (κ1) is 17.8. The zero-order valence-corrected chi connectivity index (χ0v) is 13.4. The zero-order valence-electron chi connectivity index (χ0n) is 13.4. The first-order valence-electron chi connectivity index (χ1n) is 6.75. The van der Waals surface area contributed by atoms with Gasteiger partial charge in [0.25, 0.3) is 5.91 Å². The minimum atomic E-state index is -1.06. The molecule has 1 aromatic rings. The molecule has 0 aliphatic heterocycles. The van der Waals surface area contributed by atoms with Gasteiger partial charge in [0.1, 0.15) is 5.75 Å². The normalized spacial score (nSPS) is 10.5. The Labute approximate surface area is 130 Å². The number of halogens is 1. The highest BCUT2D eigenvalue weighted by molar-refractivity contribution is 6.04. The number of nitrogens with two attached hydrogens (primary N) is 1. The fourth-order valence-corrected chi connectivity index (χ4v) is 1.84. The summed E-state index contributed by atoms with van der Waals surface area (Å²) < 4.78 is 18.1. The molecule has 0 saturated heterocycles. The third-order valence-corrected chi connectivity index (χ3v) is 3.14. The van der Waals surface area contributed by atoms with E-state index < -0.39 is 11.7 Å². The lowest BCUT2D eigenvalue weighted by atomic mass is 10.2. The highest BCUT2D eigenvalue weighted by Gasteiger charge is 2.16. The van der Waals surface area contributed by atoms with Crippen LogP contribution in [0.4, 0.5) is 21.5 Å². The van der Waals surface area contributed by atoms with Crippen molar-refractivity contribution in [2.75, 3.05) is 57.3 Å². The summed E-state index contributed by atoms with van der Waals surface area (Å²) in [6.45, 7) is 4.51. The van der Waals surface area contributed by atoms with E-state index in [-0.39, 0.29) is 0 Å². The van der Waals surface area contributed by atoms with Gasteiger partial charge in [0.15, 0.2) is 5.83 Å². The summed E-state index contributed by atoms with van der Waals surface area (Å²) in [4.78, 5) is 15.5. The second-order valence-electron chi connectivity index (χ2n) is 5.20. The molecule has 0 saturated carbocycles. The van der Waals surface area contributed by atoms with Gasteiger partial charge in [-0.1, -0.05) is 6.58 Å². The molecule has 22 heavy (non-hydrogen) atoms. The van der Waals surface area contributed by atoms with Crippen LogP contribution in [0.2, 0.25) is 0 Å². The number of benzene rings is 1. The molecule has 0 aliphatic carbocycles. The predicted molar refractivity (Wildman–Crippen MR) is 88.1 cm³/mol. The van der Waals surface area contributed by atoms with E-state index in [1.165, 1.54) is 7.11 Å². The van der Waals surface area contributed by atoms with E-state index in [4.69, 9.17) is 10.5 Å². The molecule has 0 bridgehead atoms. The molecule has 0 radical (unpaired) electrons. The van der Waals surface area contributed by atoms with Crippen molar-refractivity contribution in [2.24, 2.45) is 0 Å². The molecule has 122 valence electrons. The van der Waals surface area contributed by atoms with Crippen LogP contribution in [0.1, 0.15) is 0 Å². The summed E-state index contributed by atoms with van der Waals surface area (Å²) in [6, 6.07) is 3.25. The van der Waals surface area contributed by atoms with Crippen LogP contribution in [-0.2, 0) is 4.79 Å². The van der Waals surface area contributed by atoms with Gasteiger partial charge in [0.2, 0.25) is 0 Å². The van der Waals surface area contributed by atoms with Gasteiger partial charge >= 0.3 is 0 Å². The molecule has 0 aromatic heterocycles. The number of amides is 1. The van der Waals surface area contributed by atoms with Crippen molar-refractivity contribution in [1.82, 2.24) is 4.90 Å². The summed E-state index contributed by atoms with van der Waals surface area (Å²) in [5.41, 5.74) is 7.30. The van der Waals surface area contributed by atoms with E-state index in [1.807, 2.05) is 30.9 Å². The molecule has 0 spiro atoms. The molecule has 1 amide bonds. The Kier molecular flexibility index (Phi) is 6.18. The molecule has 1 aromatic carbocycles. The maximum absolute atomic E-state index is 12.9. The molecule has 0 atom stereocenters. The molecule has 0 heterocycles. The number of nitrogen functional groups attached to an aromatic ring is 1. The zero-order chi connectivity index (χ0) is 16.9. The van der Waals surface area contributed by atoms with Crippen molar-refractivity contribution in [3.63, 3.8) is 0 Å². The number of methoxy groups -OCH3 is 1. The van der Waals surface area contributed by atoms with Gasteiger partial charge in [-0.25, -0.2) is 4.39 Å². The van der Waals surface area contributed by atoms with Crippen molar-refractivity contribution in [3.05, 3.63) is 24.5 Å². The lowest BCUT2D eigenvalue weighted by molar-refractivity contribution is -0.114. The fraction of sp³-hybridized carbons (Fsp3) is 0.400. The third kappa shape index (κ3) is 4.63. The van der Waals surface area contributed by atoms with E-state index in [0.717, 1.165) is 6.54 Å². The average molecular weight is 310 g/mol. The number of carbonyl (C=O) groups is 1. The predicted octanol–water partition coefficient (Wildman–Crippen LogP) is 1.70. The molecule has 1 rings (SSSR count). The van der Waals surface area contributed by atoms with Crippen LogP contribution in [0.5, 0.6) is 5.75 Å². The second-order valence-corrected chi connectivity index (χ2v) is 5.20. The van der Waals surface area contributed by atoms with Crippen LogP contribution >= 0.6 is 0 Å². The Morgan fingerprint density at radius 2 is 2.00 bits per heavy atom. The topological polar surface area (TPSA) is 70.8 Å². The van der Waals surface area contributed by atoms with Gasteiger partial charge in [0, 0.05) is 26.2 Å². The third-order valence-electron chi connectivity index (χ3n) is 3.14. The number of nitrogens with one attached hydrogen (secondary N) is 1. The average Bonchev–Trinajstić information content (AvgIpc) is 2.44. The first-order valence-corrected chi connectivity index (χ1v) is 6.75. The largest absolute Gasteiger partial charge is 0.495 e. The lowest BCUT2D eigenvalue weighted by Crippen LogP contribution is -2.29. The number of hydrogen-bond acceptors (Lipinski definition) is 5. The van der Waals surface area contributed by atoms with Crippen molar-refractivity contribution in [1.29, 1.82) is 0 Å². The van der Waals surface area contributed by atoms with Gasteiger partial charge in [0.05, 0.1) is 24.2 Å². The maximum atomic E-state index is 12.9. The lowest BCUT2D eigenvalue weighted by Gasteiger charge is -2.25.